The van der Waals surface area contributed by atoms with Gasteiger partial charge in [-0.2, -0.15) is 0 Å². The molecule has 2 N–H and O–H groups in total. The molecule has 0 aliphatic rings. The highest BCUT2D eigenvalue weighted by molar-refractivity contribution is 6.30. The molecule has 0 aliphatic carbocycles. The number of primary amides is 1. The maximum atomic E-state index is 11.2. The Morgan fingerprint density at radius 2 is 2.00 bits per heavy atom. The highest BCUT2D eigenvalue weighted by Crippen LogP contribution is 2.22. The van der Waals surface area contributed by atoms with Gasteiger partial charge in [-0.25, -0.2) is 4.68 Å². The molecule has 82 valence electrons. The standard InChI is InChI=1S/C10H9ClN4O/c1-15-9(8(10(12)16)13-14-15)6-2-4-7(11)5-3-6/h2-5H,1H3,(H2,12,16). The Hall–Kier alpha value is -1.88. The van der Waals surface area contributed by atoms with Crippen LogP contribution in [0.1, 0.15) is 10.5 Å². The Morgan fingerprint density at radius 1 is 1.38 bits per heavy atom. The van der Waals surface area contributed by atoms with E-state index in [2.05, 4.69) is 10.3 Å². The normalized spacial score (nSPS) is 10.4. The third kappa shape index (κ3) is 1.77. The Morgan fingerprint density at radius 3 is 2.56 bits per heavy atom. The number of aryl methyl sites for hydroxylation is 1. The Labute approximate surface area is 96.8 Å². The summed E-state index contributed by atoms with van der Waals surface area (Å²) in [5.41, 5.74) is 6.76. The van der Waals surface area contributed by atoms with Gasteiger partial charge in [0.1, 0.15) is 5.69 Å². The predicted octanol–water partition coefficient (Wildman–Crippen LogP) is 1.23. The number of halogens is 1. The molecule has 0 saturated carbocycles. The smallest absolute Gasteiger partial charge is 0.271 e. The average Bonchev–Trinajstić information content (AvgIpc) is 2.62. The van der Waals surface area contributed by atoms with E-state index in [0.717, 1.165) is 5.56 Å². The molecule has 0 bridgehead atoms. The minimum absolute atomic E-state index is 0.157. The summed E-state index contributed by atoms with van der Waals surface area (Å²) >= 11 is 5.79. The molecule has 2 rings (SSSR count). The molecule has 2 aromatic rings. The molecule has 5 nitrogen and oxygen atoms in total. The monoisotopic (exact) mass is 236 g/mol. The number of hydrogen-bond acceptors (Lipinski definition) is 3. The minimum Gasteiger partial charge on any atom is -0.364 e. The average molecular weight is 237 g/mol. The summed E-state index contributed by atoms with van der Waals surface area (Å²) < 4.78 is 1.50. The van der Waals surface area contributed by atoms with E-state index in [4.69, 9.17) is 17.3 Å². The molecule has 1 amide bonds. The molecular formula is C10H9ClN4O. The zero-order chi connectivity index (χ0) is 11.7. The van der Waals surface area contributed by atoms with Gasteiger partial charge >= 0.3 is 0 Å². The van der Waals surface area contributed by atoms with Crippen LogP contribution < -0.4 is 5.73 Å². The fourth-order valence-electron chi connectivity index (χ4n) is 1.45. The maximum absolute atomic E-state index is 11.2. The minimum atomic E-state index is -0.599. The first kappa shape index (κ1) is 10.6. The lowest BCUT2D eigenvalue weighted by molar-refractivity contribution is 0.0996. The second-order valence-electron chi connectivity index (χ2n) is 3.28. The van der Waals surface area contributed by atoms with Gasteiger partial charge in [-0.3, -0.25) is 4.79 Å². The van der Waals surface area contributed by atoms with Crippen molar-refractivity contribution in [1.82, 2.24) is 15.0 Å². The molecule has 0 aliphatic heterocycles. The van der Waals surface area contributed by atoms with Crippen LogP contribution in [-0.2, 0) is 7.05 Å². The van der Waals surface area contributed by atoms with Gasteiger partial charge in [0.05, 0.1) is 0 Å². The molecular weight excluding hydrogens is 228 g/mol. The van der Waals surface area contributed by atoms with E-state index in [9.17, 15) is 4.79 Å². The lowest BCUT2D eigenvalue weighted by atomic mass is 10.1. The van der Waals surface area contributed by atoms with Gasteiger partial charge in [-0.1, -0.05) is 28.9 Å². The second-order valence-corrected chi connectivity index (χ2v) is 3.72. The van der Waals surface area contributed by atoms with Gasteiger partial charge in [0.2, 0.25) is 0 Å². The van der Waals surface area contributed by atoms with Crippen molar-refractivity contribution in [2.45, 2.75) is 0 Å². The van der Waals surface area contributed by atoms with Crippen LogP contribution in [0, 0.1) is 0 Å². The molecule has 1 aromatic carbocycles. The van der Waals surface area contributed by atoms with Gasteiger partial charge in [0.25, 0.3) is 5.91 Å². The number of carbonyl (C=O) groups is 1. The third-order valence-electron chi connectivity index (χ3n) is 2.18. The van der Waals surface area contributed by atoms with E-state index < -0.39 is 5.91 Å². The van der Waals surface area contributed by atoms with Crippen LogP contribution in [0.2, 0.25) is 5.02 Å². The zero-order valence-corrected chi connectivity index (χ0v) is 9.27. The molecule has 16 heavy (non-hydrogen) atoms. The van der Waals surface area contributed by atoms with Crippen molar-refractivity contribution in [2.75, 3.05) is 0 Å². The maximum Gasteiger partial charge on any atom is 0.271 e. The van der Waals surface area contributed by atoms with Gasteiger partial charge in [0, 0.05) is 17.6 Å². The highest BCUT2D eigenvalue weighted by atomic mass is 35.5. The molecule has 0 atom stereocenters. The first-order valence-corrected chi connectivity index (χ1v) is 4.93. The van der Waals surface area contributed by atoms with Crippen molar-refractivity contribution in [3.63, 3.8) is 0 Å². The summed E-state index contributed by atoms with van der Waals surface area (Å²) in [6.07, 6.45) is 0. The second kappa shape index (κ2) is 3.94. The Kier molecular flexibility index (Phi) is 2.62. The number of hydrogen-bond donors (Lipinski definition) is 1. The van der Waals surface area contributed by atoms with Crippen molar-refractivity contribution in [3.8, 4) is 11.3 Å². The topological polar surface area (TPSA) is 73.8 Å². The van der Waals surface area contributed by atoms with E-state index in [1.807, 2.05) is 0 Å². The summed E-state index contributed by atoms with van der Waals surface area (Å²) in [6, 6.07) is 7.03. The van der Waals surface area contributed by atoms with Crippen LogP contribution in [0.5, 0.6) is 0 Å². The lowest BCUT2D eigenvalue weighted by Gasteiger charge is -2.02. The number of nitrogens with two attached hydrogens (primary N) is 1. The number of carbonyl (C=O) groups excluding carboxylic acids is 1. The van der Waals surface area contributed by atoms with E-state index >= 15 is 0 Å². The molecule has 1 aromatic heterocycles. The number of rotatable bonds is 2. The Balaban J connectivity index is 2.58. The van der Waals surface area contributed by atoms with Crippen LogP contribution in [0.15, 0.2) is 24.3 Å². The molecule has 1 heterocycles. The largest absolute Gasteiger partial charge is 0.364 e. The number of amides is 1. The molecule has 0 unspecified atom stereocenters. The van der Waals surface area contributed by atoms with Crippen molar-refractivity contribution in [1.29, 1.82) is 0 Å². The predicted molar refractivity (Wildman–Crippen MR) is 60.0 cm³/mol. The number of benzene rings is 1. The summed E-state index contributed by atoms with van der Waals surface area (Å²) in [5.74, 6) is -0.599. The van der Waals surface area contributed by atoms with E-state index in [0.29, 0.717) is 10.7 Å². The molecule has 6 heteroatoms. The fraction of sp³-hybridized carbons (Fsp3) is 0.100. The molecule has 0 saturated heterocycles. The highest BCUT2D eigenvalue weighted by Gasteiger charge is 2.16. The molecule has 0 radical (unpaired) electrons. The summed E-state index contributed by atoms with van der Waals surface area (Å²) in [6.45, 7) is 0. The van der Waals surface area contributed by atoms with E-state index in [1.165, 1.54) is 4.68 Å². The summed E-state index contributed by atoms with van der Waals surface area (Å²) in [5, 5.41) is 8.11. The van der Waals surface area contributed by atoms with Crippen LogP contribution >= 0.6 is 11.6 Å². The zero-order valence-electron chi connectivity index (χ0n) is 8.51. The quantitative estimate of drug-likeness (QED) is 0.852. The first-order chi connectivity index (χ1) is 7.59. The van der Waals surface area contributed by atoms with Gasteiger partial charge < -0.3 is 5.73 Å². The van der Waals surface area contributed by atoms with Crippen LogP contribution in [0.4, 0.5) is 0 Å². The third-order valence-corrected chi connectivity index (χ3v) is 2.43. The van der Waals surface area contributed by atoms with Gasteiger partial charge in [-0.05, 0) is 12.1 Å². The van der Waals surface area contributed by atoms with Crippen molar-refractivity contribution >= 4 is 17.5 Å². The SMILES string of the molecule is Cn1nnc(C(N)=O)c1-c1ccc(Cl)cc1. The summed E-state index contributed by atoms with van der Waals surface area (Å²) in [4.78, 5) is 11.2. The number of aromatic nitrogens is 3. The molecule has 0 fully saturated rings. The molecule has 0 spiro atoms. The number of nitrogens with zero attached hydrogens (tertiary/aromatic N) is 3. The van der Waals surface area contributed by atoms with Crippen molar-refractivity contribution in [2.24, 2.45) is 12.8 Å². The van der Waals surface area contributed by atoms with E-state index in [1.54, 1.807) is 31.3 Å². The van der Waals surface area contributed by atoms with Crippen LogP contribution in [0.25, 0.3) is 11.3 Å². The summed E-state index contributed by atoms with van der Waals surface area (Å²) in [7, 11) is 1.70. The van der Waals surface area contributed by atoms with Crippen molar-refractivity contribution in [3.05, 3.63) is 35.0 Å². The van der Waals surface area contributed by atoms with Crippen molar-refractivity contribution < 1.29 is 4.79 Å². The fourth-order valence-corrected chi connectivity index (χ4v) is 1.58. The lowest BCUT2D eigenvalue weighted by Crippen LogP contribution is -2.13. The van der Waals surface area contributed by atoms with Crippen LogP contribution in [0.3, 0.4) is 0 Å². The Bertz CT molecular complexity index is 532. The first-order valence-electron chi connectivity index (χ1n) is 4.55. The van der Waals surface area contributed by atoms with Gasteiger partial charge in [-0.15, -0.1) is 5.10 Å². The van der Waals surface area contributed by atoms with Gasteiger partial charge in [0.15, 0.2) is 5.69 Å². The van der Waals surface area contributed by atoms with Crippen LogP contribution in [-0.4, -0.2) is 20.9 Å². The van der Waals surface area contributed by atoms with E-state index in [-0.39, 0.29) is 5.69 Å².